The zero-order valence-electron chi connectivity index (χ0n) is 44.8. The summed E-state index contributed by atoms with van der Waals surface area (Å²) in [6.45, 7) is -2.36. The van der Waals surface area contributed by atoms with Gasteiger partial charge in [0.25, 0.3) is 0 Å². The van der Waals surface area contributed by atoms with Crippen molar-refractivity contribution >= 4 is 41.8 Å². The van der Waals surface area contributed by atoms with E-state index in [9.17, 15) is 80.5 Å². The fourth-order valence-electron chi connectivity index (χ4n) is 9.04. The molecule has 0 spiro atoms. The summed E-state index contributed by atoms with van der Waals surface area (Å²) in [6.07, 6.45) is -26.0. The number of carbonyl (C=O) groups is 4. The van der Waals surface area contributed by atoms with Crippen LogP contribution in [0.2, 0.25) is 0 Å². The third-order valence-corrected chi connectivity index (χ3v) is 13.6. The van der Waals surface area contributed by atoms with Gasteiger partial charge in [0.15, 0.2) is 41.2 Å². The lowest BCUT2D eigenvalue weighted by atomic mass is 9.97. The smallest absolute Gasteiger partial charge is 0.527 e. The van der Waals surface area contributed by atoms with Gasteiger partial charge < -0.3 is 123 Å². The number of fused-ring (bicyclic) bond motifs is 1. The van der Waals surface area contributed by atoms with Crippen molar-refractivity contribution in [3.8, 4) is 46.0 Å². The Kier molecular flexibility index (Phi) is 20.4. The second kappa shape index (κ2) is 27.6. The molecule has 0 bridgehead atoms. The molecule has 4 aromatic carbocycles. The van der Waals surface area contributed by atoms with Gasteiger partial charge in [-0.2, -0.15) is 0 Å². The van der Waals surface area contributed by atoms with Crippen LogP contribution in [0.1, 0.15) is 28.7 Å². The molecular weight excluding hydrogens is 1140 g/mol. The normalized spacial score (nSPS) is 28.4. The average molecular weight is 1200 g/mol. The number of aliphatic hydroxyl groups is 8. The number of benzene rings is 4. The molecule has 4 aromatic rings. The highest BCUT2D eigenvalue weighted by molar-refractivity contribution is 5.90. The van der Waals surface area contributed by atoms with Crippen molar-refractivity contribution in [1.29, 1.82) is 0 Å². The van der Waals surface area contributed by atoms with Crippen molar-refractivity contribution in [3.63, 3.8) is 0 Å². The van der Waals surface area contributed by atoms with E-state index in [1.54, 1.807) is 0 Å². The molecule has 14 N–H and O–H groups in total. The number of hydrogen-bond acceptors (Lipinski definition) is 28. The highest BCUT2D eigenvalue weighted by atomic mass is 16.8. The van der Waals surface area contributed by atoms with E-state index in [-0.39, 0.29) is 62.9 Å². The van der Waals surface area contributed by atoms with Gasteiger partial charge in [0, 0.05) is 46.6 Å². The highest BCUT2D eigenvalue weighted by Gasteiger charge is 2.53. The number of aromatic hydroxyl groups is 4. The van der Waals surface area contributed by atoms with Crippen molar-refractivity contribution in [2.24, 2.45) is 0 Å². The largest absolute Gasteiger partial charge is 0.564 e. The molecule has 0 aromatic heterocycles. The average Bonchev–Trinajstić information content (AvgIpc) is 1.30. The molecule has 0 unspecified atom stereocenters. The summed E-state index contributed by atoms with van der Waals surface area (Å²) >= 11 is 0. The SMILES string of the molecule is COc1cc(/C=C/C(=O)OC[C@H]2O[C@@H](O[C@H]3[C@H](OC4=C(c5ccc(O)cc5)Oc5cc(O)cc(O[C@@H]6O[C@H](COC(=O)CC(=O)[OH2+])[C@@H](O)[C@H](O)[C@H]6O)c5C4)O[C@H](COC(=O)/C=C/c4ccc(O)c(OC)c4)[C@@H](O)[C@@H]3O)[C@H](O)[C@@H](O)[C@@H]2O)ccc1O. The minimum Gasteiger partial charge on any atom is -0.564 e. The van der Waals surface area contributed by atoms with Crippen LogP contribution in [-0.4, -0.2) is 216 Å². The molecule has 4 aliphatic rings. The standard InChI is InChI=1S/C56H60O29/c1-74-34-15-24(3-11-30(34)59)5-13-41(63)76-21-37-44(66)48(70)51(73)55(83-37)85-53-49(71)46(68)39(22-77-42(64)14-6-25-4-12-31(60)35(16-25)75-2)84-56(53)81-36-19-29-32(79-52(36)26-7-9-27(57)10-8-26)17-28(58)18-33(29)80-54-50(72)47(69)45(67)38(82-54)23-78-43(65)20-40(61)62/h3-18,37-39,44-51,53-60,66-73H,19-23H2,1-2H3,(H,61,62)/p+1/b13-5+,14-6+/t37-,38-,39-,44-,45-,46-,47+,48+,49+,50-,51-,53-,54-,55+,56-/m1/s1. The number of methoxy groups -OCH3 is 2. The minimum atomic E-state index is -2.15. The molecule has 4 aliphatic heterocycles. The number of phenols is 4. The molecule has 8 rings (SSSR count). The molecule has 3 fully saturated rings. The summed E-state index contributed by atoms with van der Waals surface area (Å²) in [5.41, 5.74) is 0.975. The Bertz CT molecular complexity index is 3120. The first-order valence-electron chi connectivity index (χ1n) is 25.8. The van der Waals surface area contributed by atoms with E-state index in [2.05, 4.69) is 0 Å². The molecule has 458 valence electrons. The molecule has 29 heteroatoms. The van der Waals surface area contributed by atoms with Crippen molar-refractivity contribution in [2.75, 3.05) is 34.0 Å². The second-order valence-electron chi connectivity index (χ2n) is 19.5. The summed E-state index contributed by atoms with van der Waals surface area (Å²) in [5.74, 6) is -6.16. The van der Waals surface area contributed by atoms with E-state index in [1.807, 2.05) is 0 Å². The fourth-order valence-corrected chi connectivity index (χ4v) is 9.04. The summed E-state index contributed by atoms with van der Waals surface area (Å²) in [5, 5.41) is 138. The van der Waals surface area contributed by atoms with E-state index in [4.69, 9.17) is 61.9 Å². The molecule has 3 saturated heterocycles. The number of ether oxygens (including phenoxy) is 12. The van der Waals surface area contributed by atoms with Crippen molar-refractivity contribution in [1.82, 2.24) is 0 Å². The van der Waals surface area contributed by atoms with Crippen LogP contribution in [0.3, 0.4) is 0 Å². The van der Waals surface area contributed by atoms with Crippen molar-refractivity contribution < 1.29 is 142 Å². The maximum atomic E-state index is 13.1. The molecule has 0 saturated carbocycles. The Hall–Kier alpha value is -8.30. The van der Waals surface area contributed by atoms with Crippen LogP contribution < -0.4 is 18.9 Å². The number of esters is 3. The van der Waals surface area contributed by atoms with Crippen LogP contribution >= 0.6 is 0 Å². The third-order valence-electron chi connectivity index (χ3n) is 13.6. The number of carbonyl (C=O) groups excluding carboxylic acids is 4. The minimum absolute atomic E-state index is 0.0146. The van der Waals surface area contributed by atoms with Gasteiger partial charge in [-0.05, 0) is 71.8 Å². The van der Waals surface area contributed by atoms with Gasteiger partial charge >= 0.3 is 23.9 Å². The van der Waals surface area contributed by atoms with Gasteiger partial charge in [-0.25, -0.2) is 9.59 Å². The quantitative estimate of drug-likeness (QED) is 0.0146. The number of phenolic OH excluding ortho intramolecular Hbond substituents is 4. The maximum absolute atomic E-state index is 13.1. The monoisotopic (exact) mass is 1200 g/mol. The van der Waals surface area contributed by atoms with Crippen molar-refractivity contribution in [2.45, 2.75) is 105 Å². The zero-order valence-corrected chi connectivity index (χ0v) is 44.8. The van der Waals surface area contributed by atoms with Gasteiger partial charge in [0.05, 0.1) is 14.2 Å². The molecule has 0 amide bonds. The summed E-state index contributed by atoms with van der Waals surface area (Å²) in [6, 6.07) is 15.9. The second-order valence-corrected chi connectivity index (χ2v) is 19.5. The first-order valence-corrected chi connectivity index (χ1v) is 25.8. The van der Waals surface area contributed by atoms with Crippen LogP contribution in [0, 0.1) is 0 Å². The lowest BCUT2D eigenvalue weighted by Gasteiger charge is -2.46. The third kappa shape index (κ3) is 15.2. The number of allylic oxidation sites excluding steroid dienone is 1. The number of rotatable bonds is 21. The highest BCUT2D eigenvalue weighted by Crippen LogP contribution is 2.45. The van der Waals surface area contributed by atoms with Gasteiger partial charge in [-0.1, -0.05) is 12.1 Å². The Morgan fingerprint density at radius 2 is 1.06 bits per heavy atom. The number of hydrogen-bond donors (Lipinski definition) is 12. The van der Waals surface area contributed by atoms with Crippen LogP contribution in [-0.2, 0) is 63.5 Å². The summed E-state index contributed by atoms with van der Waals surface area (Å²) in [7, 11) is 2.64. The van der Waals surface area contributed by atoms with E-state index >= 15 is 0 Å². The van der Waals surface area contributed by atoms with Gasteiger partial charge in [-0.15, -0.1) is 0 Å². The molecule has 4 heterocycles. The van der Waals surface area contributed by atoms with E-state index in [0.717, 1.165) is 24.3 Å². The van der Waals surface area contributed by atoms with Crippen molar-refractivity contribution in [3.05, 3.63) is 113 Å². The predicted octanol–water partition coefficient (Wildman–Crippen LogP) is -1.63. The summed E-state index contributed by atoms with van der Waals surface area (Å²) in [4.78, 5) is 49.2. The zero-order chi connectivity index (χ0) is 61.4. The maximum Gasteiger partial charge on any atom is 0.527 e. The van der Waals surface area contributed by atoms with E-state index in [1.165, 1.54) is 87.0 Å². The molecule has 85 heavy (non-hydrogen) atoms. The van der Waals surface area contributed by atoms with E-state index < -0.39 is 154 Å². The van der Waals surface area contributed by atoms with Gasteiger partial charge in [-0.3, -0.25) is 4.79 Å². The Morgan fingerprint density at radius 1 is 0.553 bits per heavy atom. The number of aliphatic hydroxyl groups excluding tert-OH is 8. The van der Waals surface area contributed by atoms with E-state index in [0.29, 0.717) is 11.1 Å². The Labute approximate surface area is 481 Å². The van der Waals surface area contributed by atoms with Gasteiger partial charge in [0.1, 0.15) is 116 Å². The van der Waals surface area contributed by atoms with Crippen LogP contribution in [0.25, 0.3) is 17.9 Å². The lowest BCUT2D eigenvalue weighted by molar-refractivity contribution is -0.363. The molecular formula is C56H61O29+. The van der Waals surface area contributed by atoms with Crippen LogP contribution in [0.15, 0.2) is 90.7 Å². The molecule has 0 aliphatic carbocycles. The molecule has 29 nitrogen and oxygen atoms in total. The predicted molar refractivity (Wildman–Crippen MR) is 282 cm³/mol. The Balaban J connectivity index is 1.09. The van der Waals surface area contributed by atoms with Crippen LogP contribution in [0.4, 0.5) is 0 Å². The lowest BCUT2D eigenvalue weighted by Crippen LogP contribution is -2.64. The molecule has 15 atom stereocenters. The summed E-state index contributed by atoms with van der Waals surface area (Å²) < 4.78 is 68.5. The first-order chi connectivity index (χ1) is 40.5. The first kappa shape index (κ1) is 62.7. The van der Waals surface area contributed by atoms with Crippen LogP contribution in [0.5, 0.6) is 46.0 Å². The van der Waals surface area contributed by atoms with Gasteiger partial charge in [0.2, 0.25) is 19.0 Å². The molecule has 0 radical (unpaired) electrons. The topological polar surface area (TPSA) is 445 Å². The Morgan fingerprint density at radius 3 is 1.60 bits per heavy atom. The fraction of sp³-hybridized carbons (Fsp3) is 0.393.